The van der Waals surface area contributed by atoms with Gasteiger partial charge in [0.25, 0.3) is 0 Å². The number of hydrogen-bond acceptors (Lipinski definition) is 4. The van der Waals surface area contributed by atoms with Crippen LogP contribution in [0.4, 0.5) is 0 Å². The summed E-state index contributed by atoms with van der Waals surface area (Å²) in [5, 5.41) is 7.65. The average Bonchev–Trinajstić information content (AvgIpc) is 2.77. The van der Waals surface area contributed by atoms with E-state index in [4.69, 9.17) is 4.74 Å². The zero-order chi connectivity index (χ0) is 13.2. The summed E-state index contributed by atoms with van der Waals surface area (Å²) in [7, 11) is 0. The van der Waals surface area contributed by atoms with E-state index in [0.717, 1.165) is 25.9 Å². The van der Waals surface area contributed by atoms with Crippen LogP contribution >= 0.6 is 0 Å². The van der Waals surface area contributed by atoms with Crippen LogP contribution in [0, 0.1) is 0 Å². The Labute approximate surface area is 108 Å². The van der Waals surface area contributed by atoms with Crippen LogP contribution in [0.2, 0.25) is 0 Å². The molecule has 0 aliphatic carbocycles. The van der Waals surface area contributed by atoms with Gasteiger partial charge in [-0.1, -0.05) is 0 Å². The molecule has 5 nitrogen and oxygen atoms in total. The van der Waals surface area contributed by atoms with Crippen LogP contribution in [-0.2, 0) is 4.74 Å². The van der Waals surface area contributed by atoms with Crippen LogP contribution < -0.4 is 5.32 Å². The monoisotopic (exact) mass is 251 g/mol. The third kappa shape index (κ3) is 3.32. The number of nitrogens with one attached hydrogen (secondary N) is 1. The number of nitrogens with zero attached hydrogens (tertiary/aromatic N) is 2. The first kappa shape index (κ1) is 13.1. The van der Waals surface area contributed by atoms with Crippen molar-refractivity contribution < 1.29 is 9.53 Å². The smallest absolute Gasteiger partial charge is 0.359 e. The lowest BCUT2D eigenvalue weighted by molar-refractivity contribution is 0.00615. The first-order valence-corrected chi connectivity index (χ1v) is 6.45. The average molecular weight is 251 g/mol. The van der Waals surface area contributed by atoms with Crippen LogP contribution in [0.3, 0.4) is 0 Å². The van der Waals surface area contributed by atoms with Gasteiger partial charge in [-0.3, -0.25) is 4.68 Å². The number of hydrogen-bond donors (Lipinski definition) is 1. The number of piperidine rings is 1. The molecule has 0 bridgehead atoms. The molecular formula is C13H21N3O2. The standard InChI is InChI=1S/C13H21N3O2/c1-13(2,3)18-12(17)11-6-8-16(15-11)10-5-4-7-14-9-10/h6,8,10,14H,4-5,7,9H2,1-3H3. The van der Waals surface area contributed by atoms with Gasteiger partial charge < -0.3 is 10.1 Å². The number of ether oxygens (including phenoxy) is 1. The summed E-state index contributed by atoms with van der Waals surface area (Å²) < 4.78 is 7.16. The predicted octanol–water partition coefficient (Wildman–Crippen LogP) is 1.76. The van der Waals surface area contributed by atoms with Gasteiger partial charge in [0.15, 0.2) is 5.69 Å². The first-order valence-electron chi connectivity index (χ1n) is 6.45. The lowest BCUT2D eigenvalue weighted by Crippen LogP contribution is -2.32. The fourth-order valence-electron chi connectivity index (χ4n) is 2.04. The molecule has 0 amide bonds. The van der Waals surface area contributed by atoms with Gasteiger partial charge in [0.2, 0.25) is 0 Å². The van der Waals surface area contributed by atoms with Gasteiger partial charge >= 0.3 is 5.97 Å². The fraction of sp³-hybridized carbons (Fsp3) is 0.692. The summed E-state index contributed by atoms with van der Waals surface area (Å²) in [6.45, 7) is 7.54. The Kier molecular flexibility index (Phi) is 3.71. The Morgan fingerprint density at radius 3 is 2.94 bits per heavy atom. The molecular weight excluding hydrogens is 230 g/mol. The van der Waals surface area contributed by atoms with E-state index >= 15 is 0 Å². The molecule has 1 fully saturated rings. The molecule has 1 aromatic heterocycles. The van der Waals surface area contributed by atoms with Gasteiger partial charge in [-0.2, -0.15) is 5.10 Å². The van der Waals surface area contributed by atoms with Crippen molar-refractivity contribution in [3.8, 4) is 0 Å². The van der Waals surface area contributed by atoms with Gasteiger partial charge in [-0.05, 0) is 46.2 Å². The lowest BCUT2D eigenvalue weighted by atomic mass is 10.1. The predicted molar refractivity (Wildman–Crippen MR) is 68.5 cm³/mol. The Hall–Kier alpha value is -1.36. The van der Waals surface area contributed by atoms with Crippen LogP contribution in [0.5, 0.6) is 0 Å². The molecule has 0 radical (unpaired) electrons. The zero-order valence-electron chi connectivity index (χ0n) is 11.3. The van der Waals surface area contributed by atoms with Gasteiger partial charge in [-0.25, -0.2) is 4.79 Å². The molecule has 1 aromatic rings. The molecule has 5 heteroatoms. The van der Waals surface area contributed by atoms with Crippen molar-refractivity contribution in [1.82, 2.24) is 15.1 Å². The number of esters is 1. The highest BCUT2D eigenvalue weighted by atomic mass is 16.6. The van der Waals surface area contributed by atoms with Crippen molar-refractivity contribution in [3.63, 3.8) is 0 Å². The van der Waals surface area contributed by atoms with E-state index in [2.05, 4.69) is 10.4 Å². The summed E-state index contributed by atoms with van der Waals surface area (Å²) in [6.07, 6.45) is 4.10. The molecule has 1 aliphatic heterocycles. The summed E-state index contributed by atoms with van der Waals surface area (Å²) in [6, 6.07) is 2.07. The van der Waals surface area contributed by atoms with Gasteiger partial charge in [0.1, 0.15) is 5.60 Å². The lowest BCUT2D eigenvalue weighted by Gasteiger charge is -2.23. The van der Waals surface area contributed by atoms with E-state index in [0.29, 0.717) is 11.7 Å². The van der Waals surface area contributed by atoms with Crippen LogP contribution in [0.1, 0.15) is 50.1 Å². The highest BCUT2D eigenvalue weighted by Crippen LogP contribution is 2.17. The maximum atomic E-state index is 11.8. The van der Waals surface area contributed by atoms with Crippen molar-refractivity contribution >= 4 is 5.97 Å². The third-order valence-corrected chi connectivity index (χ3v) is 2.86. The van der Waals surface area contributed by atoms with Crippen LogP contribution in [0.15, 0.2) is 12.3 Å². The second-order valence-corrected chi connectivity index (χ2v) is 5.68. The van der Waals surface area contributed by atoms with Crippen molar-refractivity contribution in [1.29, 1.82) is 0 Å². The summed E-state index contributed by atoms with van der Waals surface area (Å²) in [4.78, 5) is 11.8. The van der Waals surface area contributed by atoms with E-state index in [1.165, 1.54) is 0 Å². The minimum Gasteiger partial charge on any atom is -0.455 e. The van der Waals surface area contributed by atoms with E-state index in [1.54, 1.807) is 6.07 Å². The molecule has 1 atom stereocenters. The van der Waals surface area contributed by atoms with Crippen molar-refractivity contribution in [3.05, 3.63) is 18.0 Å². The number of rotatable bonds is 2. The topological polar surface area (TPSA) is 56.1 Å². The molecule has 2 rings (SSSR count). The molecule has 0 saturated carbocycles. The number of aromatic nitrogens is 2. The Balaban J connectivity index is 2.03. The first-order chi connectivity index (χ1) is 8.46. The van der Waals surface area contributed by atoms with Gasteiger partial charge in [0.05, 0.1) is 6.04 Å². The molecule has 2 heterocycles. The minimum atomic E-state index is -0.479. The second-order valence-electron chi connectivity index (χ2n) is 5.68. The normalized spacial score (nSPS) is 20.7. The molecule has 0 spiro atoms. The third-order valence-electron chi connectivity index (χ3n) is 2.86. The van der Waals surface area contributed by atoms with E-state index in [-0.39, 0.29) is 5.97 Å². The fourth-order valence-corrected chi connectivity index (χ4v) is 2.04. The van der Waals surface area contributed by atoms with Gasteiger partial charge in [0, 0.05) is 12.7 Å². The van der Waals surface area contributed by atoms with Crippen molar-refractivity contribution in [2.45, 2.75) is 45.3 Å². The maximum absolute atomic E-state index is 11.8. The minimum absolute atomic E-state index is 0.343. The highest BCUT2D eigenvalue weighted by molar-refractivity contribution is 5.87. The van der Waals surface area contributed by atoms with Crippen molar-refractivity contribution in [2.24, 2.45) is 0 Å². The van der Waals surface area contributed by atoms with Crippen LogP contribution in [-0.4, -0.2) is 34.4 Å². The van der Waals surface area contributed by atoms with Gasteiger partial charge in [-0.15, -0.1) is 0 Å². The van der Waals surface area contributed by atoms with E-state index in [1.807, 2.05) is 31.6 Å². The molecule has 1 N–H and O–H groups in total. The zero-order valence-corrected chi connectivity index (χ0v) is 11.3. The SMILES string of the molecule is CC(C)(C)OC(=O)c1ccn(C2CCCNC2)n1. The van der Waals surface area contributed by atoms with E-state index in [9.17, 15) is 4.79 Å². The second kappa shape index (κ2) is 5.10. The number of carbonyl (C=O) groups excluding carboxylic acids is 1. The molecule has 0 aromatic carbocycles. The van der Waals surface area contributed by atoms with Crippen LogP contribution in [0.25, 0.3) is 0 Å². The summed E-state index contributed by atoms with van der Waals surface area (Å²) in [5.41, 5.74) is -0.0942. The Morgan fingerprint density at radius 1 is 1.56 bits per heavy atom. The molecule has 1 unspecified atom stereocenters. The molecule has 18 heavy (non-hydrogen) atoms. The summed E-state index contributed by atoms with van der Waals surface area (Å²) in [5.74, 6) is -0.356. The highest BCUT2D eigenvalue weighted by Gasteiger charge is 2.21. The Morgan fingerprint density at radius 2 is 2.33 bits per heavy atom. The largest absolute Gasteiger partial charge is 0.455 e. The summed E-state index contributed by atoms with van der Waals surface area (Å²) >= 11 is 0. The molecule has 100 valence electrons. The quantitative estimate of drug-likeness (QED) is 0.814. The van der Waals surface area contributed by atoms with Crippen molar-refractivity contribution in [2.75, 3.05) is 13.1 Å². The van der Waals surface area contributed by atoms with E-state index < -0.39 is 5.60 Å². The molecule has 1 saturated heterocycles. The molecule has 1 aliphatic rings. The maximum Gasteiger partial charge on any atom is 0.359 e. The number of carbonyl (C=O) groups is 1. The Bertz CT molecular complexity index is 414.